The standard InChI is InChI=1S/C10H10FN3/c1-6-3-4-8(10(11)13-6)9-5-12-7(2)14-9/h3-5H,1-2H3,(H,12,14). The molecular weight excluding hydrogens is 181 g/mol. The van der Waals surface area contributed by atoms with Crippen LogP contribution in [0.15, 0.2) is 18.3 Å². The molecule has 0 unspecified atom stereocenters. The highest BCUT2D eigenvalue weighted by Crippen LogP contribution is 2.19. The van der Waals surface area contributed by atoms with Crippen molar-refractivity contribution < 1.29 is 4.39 Å². The summed E-state index contributed by atoms with van der Waals surface area (Å²) in [5.41, 5.74) is 1.78. The Bertz CT molecular complexity index is 462. The summed E-state index contributed by atoms with van der Waals surface area (Å²) in [6.45, 7) is 3.58. The third-order valence-electron chi connectivity index (χ3n) is 1.98. The van der Waals surface area contributed by atoms with E-state index in [0.29, 0.717) is 17.0 Å². The van der Waals surface area contributed by atoms with E-state index in [0.717, 1.165) is 5.82 Å². The first kappa shape index (κ1) is 8.87. The van der Waals surface area contributed by atoms with E-state index in [1.807, 2.05) is 6.92 Å². The van der Waals surface area contributed by atoms with E-state index in [-0.39, 0.29) is 0 Å². The number of pyridine rings is 1. The minimum Gasteiger partial charge on any atom is -0.342 e. The second kappa shape index (κ2) is 3.21. The lowest BCUT2D eigenvalue weighted by molar-refractivity contribution is 0.583. The predicted octanol–water partition coefficient (Wildman–Crippen LogP) is 2.23. The van der Waals surface area contributed by atoms with E-state index in [4.69, 9.17) is 0 Å². The molecule has 0 fully saturated rings. The number of aromatic nitrogens is 3. The molecule has 1 N–H and O–H groups in total. The molecule has 0 aliphatic heterocycles. The summed E-state index contributed by atoms with van der Waals surface area (Å²) in [5.74, 6) is 0.300. The normalized spacial score (nSPS) is 10.5. The molecular formula is C10H10FN3. The van der Waals surface area contributed by atoms with E-state index in [1.54, 1.807) is 25.3 Å². The van der Waals surface area contributed by atoms with Crippen LogP contribution in [0.5, 0.6) is 0 Å². The number of H-pyrrole nitrogens is 1. The van der Waals surface area contributed by atoms with Crippen LogP contribution in [0.3, 0.4) is 0 Å². The fourth-order valence-electron chi connectivity index (χ4n) is 1.28. The van der Waals surface area contributed by atoms with Gasteiger partial charge in [0.15, 0.2) is 0 Å². The molecule has 2 heterocycles. The zero-order valence-corrected chi connectivity index (χ0v) is 8.00. The van der Waals surface area contributed by atoms with Crippen LogP contribution < -0.4 is 0 Å². The zero-order chi connectivity index (χ0) is 10.1. The second-order valence-electron chi connectivity index (χ2n) is 3.17. The Hall–Kier alpha value is -1.71. The number of nitrogens with one attached hydrogen (secondary N) is 1. The van der Waals surface area contributed by atoms with Gasteiger partial charge in [-0.05, 0) is 26.0 Å². The molecule has 0 aliphatic carbocycles. The van der Waals surface area contributed by atoms with Crippen LogP contribution in [0.1, 0.15) is 11.5 Å². The summed E-state index contributed by atoms with van der Waals surface area (Å²) in [5, 5.41) is 0. The van der Waals surface area contributed by atoms with Crippen molar-refractivity contribution in [3.63, 3.8) is 0 Å². The third kappa shape index (κ3) is 1.51. The van der Waals surface area contributed by atoms with Crippen LogP contribution >= 0.6 is 0 Å². The average molecular weight is 191 g/mol. The summed E-state index contributed by atoms with van der Waals surface area (Å²) >= 11 is 0. The molecule has 0 amide bonds. The monoisotopic (exact) mass is 191 g/mol. The minimum absolute atomic E-state index is 0.455. The molecule has 2 aromatic heterocycles. The fourth-order valence-corrected chi connectivity index (χ4v) is 1.28. The van der Waals surface area contributed by atoms with E-state index in [2.05, 4.69) is 15.0 Å². The molecule has 0 aromatic carbocycles. The first-order valence-corrected chi connectivity index (χ1v) is 4.32. The lowest BCUT2D eigenvalue weighted by Crippen LogP contribution is -1.91. The van der Waals surface area contributed by atoms with Crippen molar-refractivity contribution in [2.45, 2.75) is 13.8 Å². The van der Waals surface area contributed by atoms with E-state index >= 15 is 0 Å². The Balaban J connectivity index is 2.52. The van der Waals surface area contributed by atoms with Crippen LogP contribution in [0.4, 0.5) is 4.39 Å². The lowest BCUT2D eigenvalue weighted by atomic mass is 10.2. The molecule has 2 aromatic rings. The molecule has 3 nitrogen and oxygen atoms in total. The number of aromatic amines is 1. The van der Waals surface area contributed by atoms with Crippen molar-refractivity contribution in [3.05, 3.63) is 35.8 Å². The Labute approximate surface area is 81.0 Å². The van der Waals surface area contributed by atoms with E-state index in [1.165, 1.54) is 0 Å². The highest BCUT2D eigenvalue weighted by atomic mass is 19.1. The fraction of sp³-hybridized carbons (Fsp3) is 0.200. The summed E-state index contributed by atoms with van der Waals surface area (Å²) < 4.78 is 13.4. The van der Waals surface area contributed by atoms with E-state index < -0.39 is 5.95 Å². The number of hydrogen-bond acceptors (Lipinski definition) is 2. The quantitative estimate of drug-likeness (QED) is 0.702. The second-order valence-corrected chi connectivity index (χ2v) is 3.17. The molecule has 14 heavy (non-hydrogen) atoms. The van der Waals surface area contributed by atoms with Gasteiger partial charge in [0.1, 0.15) is 5.82 Å². The van der Waals surface area contributed by atoms with Gasteiger partial charge in [-0.25, -0.2) is 9.97 Å². The molecule has 2 rings (SSSR count). The van der Waals surface area contributed by atoms with Gasteiger partial charge in [0.05, 0.1) is 17.5 Å². The molecule has 0 atom stereocenters. The van der Waals surface area contributed by atoms with E-state index in [9.17, 15) is 4.39 Å². The van der Waals surface area contributed by atoms with Gasteiger partial charge in [0, 0.05) is 5.69 Å². The number of rotatable bonds is 1. The SMILES string of the molecule is Cc1ccc(-c2cnc(C)[nH]2)c(F)n1. The smallest absolute Gasteiger partial charge is 0.222 e. The van der Waals surface area contributed by atoms with Crippen LogP contribution in [0.2, 0.25) is 0 Å². The summed E-state index contributed by atoms with van der Waals surface area (Å²) in [4.78, 5) is 10.7. The Morgan fingerprint density at radius 2 is 2.07 bits per heavy atom. The first-order valence-electron chi connectivity index (χ1n) is 4.32. The maximum atomic E-state index is 13.4. The maximum absolute atomic E-state index is 13.4. The predicted molar refractivity (Wildman–Crippen MR) is 51.3 cm³/mol. The highest BCUT2D eigenvalue weighted by Gasteiger charge is 2.07. The van der Waals surface area contributed by atoms with Crippen molar-refractivity contribution in [1.29, 1.82) is 0 Å². The molecule has 0 bridgehead atoms. The Kier molecular flexibility index (Phi) is 2.04. The average Bonchev–Trinajstić information content (AvgIpc) is 2.51. The topological polar surface area (TPSA) is 41.6 Å². The van der Waals surface area contributed by atoms with Crippen molar-refractivity contribution in [3.8, 4) is 11.3 Å². The van der Waals surface area contributed by atoms with Gasteiger partial charge >= 0.3 is 0 Å². The molecule has 72 valence electrons. The van der Waals surface area contributed by atoms with Crippen molar-refractivity contribution >= 4 is 0 Å². The molecule has 0 spiro atoms. The third-order valence-corrected chi connectivity index (χ3v) is 1.98. The van der Waals surface area contributed by atoms with Crippen molar-refractivity contribution in [2.75, 3.05) is 0 Å². The number of imidazole rings is 1. The van der Waals surface area contributed by atoms with Gasteiger partial charge in [-0.1, -0.05) is 0 Å². The largest absolute Gasteiger partial charge is 0.342 e. The van der Waals surface area contributed by atoms with Crippen molar-refractivity contribution in [2.24, 2.45) is 0 Å². The van der Waals surface area contributed by atoms with Gasteiger partial charge in [-0.3, -0.25) is 0 Å². The van der Waals surface area contributed by atoms with Gasteiger partial charge in [0.2, 0.25) is 5.95 Å². The van der Waals surface area contributed by atoms with Crippen molar-refractivity contribution in [1.82, 2.24) is 15.0 Å². The molecule has 0 radical (unpaired) electrons. The van der Waals surface area contributed by atoms with Gasteiger partial charge < -0.3 is 4.98 Å². The number of halogens is 1. The molecule has 0 saturated heterocycles. The molecule has 0 saturated carbocycles. The molecule has 0 aliphatic rings. The number of hydrogen-bond donors (Lipinski definition) is 1. The van der Waals surface area contributed by atoms with Gasteiger partial charge in [-0.15, -0.1) is 0 Å². The minimum atomic E-state index is -0.464. The number of nitrogens with zero attached hydrogens (tertiary/aromatic N) is 2. The molecule has 4 heteroatoms. The van der Waals surface area contributed by atoms with Gasteiger partial charge in [-0.2, -0.15) is 4.39 Å². The maximum Gasteiger partial charge on any atom is 0.222 e. The number of aryl methyl sites for hydroxylation is 2. The lowest BCUT2D eigenvalue weighted by Gasteiger charge is -1.99. The Morgan fingerprint density at radius 1 is 1.29 bits per heavy atom. The van der Waals surface area contributed by atoms with Crippen LogP contribution in [-0.4, -0.2) is 15.0 Å². The Morgan fingerprint density at radius 3 is 2.64 bits per heavy atom. The van der Waals surface area contributed by atoms with Crippen LogP contribution in [-0.2, 0) is 0 Å². The summed E-state index contributed by atoms with van der Waals surface area (Å²) in [7, 11) is 0. The van der Waals surface area contributed by atoms with Crippen LogP contribution in [0.25, 0.3) is 11.3 Å². The van der Waals surface area contributed by atoms with Gasteiger partial charge in [0.25, 0.3) is 0 Å². The zero-order valence-electron chi connectivity index (χ0n) is 8.00. The highest BCUT2D eigenvalue weighted by molar-refractivity contribution is 5.57. The first-order chi connectivity index (χ1) is 6.66. The summed E-state index contributed by atoms with van der Waals surface area (Å²) in [6, 6.07) is 3.47. The van der Waals surface area contributed by atoms with Crippen LogP contribution in [0, 0.1) is 19.8 Å². The summed E-state index contributed by atoms with van der Waals surface area (Å²) in [6.07, 6.45) is 1.60.